The average molecular weight is 601 g/mol. The maximum absolute atomic E-state index is 13.1. The number of amides is 1. The second-order valence-electron chi connectivity index (χ2n) is 10.1. The van der Waals surface area contributed by atoms with Gasteiger partial charge in [0.1, 0.15) is 5.75 Å². The standard InChI is InChI=1S/C34H34N2O4S2.H2/c1-40-29-12-7-9-27(23-29)25-36(21-22-41-30-13-3-2-4-14-30)24-26-17-19-31(20-18-26)42(38,39)35-34(37)33-16-8-11-28-10-5-6-15-32(28)33;/h2-4,6-9,11-20,23H,5,10,21-22,24-25H2,1H3,(H,35,37);1H. The highest BCUT2D eigenvalue weighted by atomic mass is 32.2. The molecular formula is C34H36N2O4S2. The van der Waals surface area contributed by atoms with E-state index in [2.05, 4.69) is 27.8 Å². The largest absolute Gasteiger partial charge is 0.497 e. The Morgan fingerprint density at radius 3 is 2.48 bits per heavy atom. The van der Waals surface area contributed by atoms with E-state index in [1.165, 1.54) is 4.90 Å². The van der Waals surface area contributed by atoms with Crippen LogP contribution in [0.25, 0.3) is 6.08 Å². The number of aryl methyl sites for hydroxylation is 1. The Labute approximate surface area is 254 Å². The maximum Gasteiger partial charge on any atom is 0.265 e. The summed E-state index contributed by atoms with van der Waals surface area (Å²) >= 11 is 1.81. The third-order valence-electron chi connectivity index (χ3n) is 7.13. The molecule has 0 saturated heterocycles. The number of hydrogen-bond donors (Lipinski definition) is 1. The van der Waals surface area contributed by atoms with Gasteiger partial charge >= 0.3 is 0 Å². The van der Waals surface area contributed by atoms with Gasteiger partial charge in [0.15, 0.2) is 0 Å². The number of sulfonamides is 1. The van der Waals surface area contributed by atoms with Crippen LogP contribution in [0, 0.1) is 0 Å². The summed E-state index contributed by atoms with van der Waals surface area (Å²) in [5.74, 6) is 1.10. The van der Waals surface area contributed by atoms with E-state index in [0.29, 0.717) is 12.1 Å². The van der Waals surface area contributed by atoms with Crippen molar-refractivity contribution in [2.75, 3.05) is 19.4 Å². The van der Waals surface area contributed by atoms with Gasteiger partial charge in [-0.3, -0.25) is 9.69 Å². The first-order valence-electron chi connectivity index (χ1n) is 13.9. The zero-order valence-corrected chi connectivity index (χ0v) is 25.2. The molecule has 0 fully saturated rings. The number of allylic oxidation sites excluding steroid dienone is 1. The number of rotatable bonds is 12. The van der Waals surface area contributed by atoms with Crippen LogP contribution in [0.15, 0.2) is 113 Å². The molecule has 6 nitrogen and oxygen atoms in total. The molecule has 0 atom stereocenters. The third kappa shape index (κ3) is 7.70. The highest BCUT2D eigenvalue weighted by molar-refractivity contribution is 7.99. The number of nitrogens with zero attached hydrogens (tertiary/aromatic N) is 1. The number of hydrogen-bond acceptors (Lipinski definition) is 6. The van der Waals surface area contributed by atoms with Gasteiger partial charge in [-0.05, 0) is 77.6 Å². The van der Waals surface area contributed by atoms with E-state index in [-0.39, 0.29) is 6.32 Å². The van der Waals surface area contributed by atoms with Crippen LogP contribution in [-0.4, -0.2) is 38.6 Å². The van der Waals surface area contributed by atoms with Crippen molar-refractivity contribution in [2.24, 2.45) is 0 Å². The molecule has 0 aliphatic heterocycles. The van der Waals surface area contributed by atoms with Gasteiger partial charge in [0.05, 0.1) is 12.0 Å². The third-order valence-corrected chi connectivity index (χ3v) is 9.47. The fourth-order valence-electron chi connectivity index (χ4n) is 4.99. The molecule has 0 bridgehead atoms. The molecule has 0 saturated carbocycles. The first-order chi connectivity index (χ1) is 20.4. The van der Waals surface area contributed by atoms with Crippen LogP contribution in [0.5, 0.6) is 5.75 Å². The summed E-state index contributed by atoms with van der Waals surface area (Å²) in [4.78, 5) is 16.6. The Hall–Kier alpha value is -3.85. The van der Waals surface area contributed by atoms with Gasteiger partial charge in [0, 0.05) is 37.3 Å². The fourth-order valence-corrected chi connectivity index (χ4v) is 6.89. The molecule has 1 aliphatic rings. The molecule has 218 valence electrons. The molecule has 42 heavy (non-hydrogen) atoms. The zero-order chi connectivity index (χ0) is 29.4. The zero-order valence-electron chi connectivity index (χ0n) is 23.5. The summed E-state index contributed by atoms with van der Waals surface area (Å²) in [6, 6.07) is 30.5. The summed E-state index contributed by atoms with van der Waals surface area (Å²) in [5, 5.41) is 0. The molecule has 0 radical (unpaired) electrons. The topological polar surface area (TPSA) is 75.7 Å². The van der Waals surface area contributed by atoms with E-state index in [0.717, 1.165) is 59.7 Å². The van der Waals surface area contributed by atoms with Crippen molar-refractivity contribution in [3.8, 4) is 5.75 Å². The Balaban J connectivity index is 0.00000423. The number of fused-ring (bicyclic) bond motifs is 1. The van der Waals surface area contributed by atoms with E-state index in [1.54, 1.807) is 43.1 Å². The Morgan fingerprint density at radius 2 is 1.69 bits per heavy atom. The van der Waals surface area contributed by atoms with Crippen molar-refractivity contribution in [1.29, 1.82) is 0 Å². The highest BCUT2D eigenvalue weighted by Gasteiger charge is 2.22. The SMILES string of the molecule is COc1cccc(CN(CCSc2ccccc2)Cc2ccc(S(=O)(=O)NC(=O)c3cccc4c3C=CCC4)cc2)c1.[HH]. The van der Waals surface area contributed by atoms with Crippen molar-refractivity contribution in [3.05, 3.63) is 131 Å². The maximum atomic E-state index is 13.1. The van der Waals surface area contributed by atoms with Crippen LogP contribution in [0.1, 0.15) is 40.5 Å². The first kappa shape index (κ1) is 29.6. The lowest BCUT2D eigenvalue weighted by atomic mass is 9.93. The molecule has 0 heterocycles. The molecule has 0 spiro atoms. The Morgan fingerprint density at radius 1 is 0.929 bits per heavy atom. The minimum atomic E-state index is -4.03. The van der Waals surface area contributed by atoms with Gasteiger partial charge in [-0.2, -0.15) is 0 Å². The minimum absolute atomic E-state index is 0. The van der Waals surface area contributed by atoms with Crippen molar-refractivity contribution in [3.63, 3.8) is 0 Å². The lowest BCUT2D eigenvalue weighted by Crippen LogP contribution is -2.31. The monoisotopic (exact) mass is 600 g/mol. The second kappa shape index (κ2) is 13.9. The van der Waals surface area contributed by atoms with Crippen LogP contribution in [0.3, 0.4) is 0 Å². The smallest absolute Gasteiger partial charge is 0.265 e. The lowest BCUT2D eigenvalue weighted by Gasteiger charge is -2.23. The normalized spacial score (nSPS) is 12.6. The van der Waals surface area contributed by atoms with Crippen LogP contribution in [-0.2, 0) is 29.5 Å². The molecule has 4 aromatic carbocycles. The van der Waals surface area contributed by atoms with Crippen LogP contribution >= 0.6 is 11.8 Å². The lowest BCUT2D eigenvalue weighted by molar-refractivity contribution is 0.0981. The fraction of sp³-hybridized carbons (Fsp3) is 0.206. The number of benzene rings is 4. The summed E-state index contributed by atoms with van der Waals surface area (Å²) in [6.45, 7) is 2.20. The number of thioether (sulfide) groups is 1. The molecule has 1 amide bonds. The average Bonchev–Trinajstić information content (AvgIpc) is 3.01. The molecule has 1 N–H and O–H groups in total. The number of methoxy groups -OCH3 is 1. The quantitative estimate of drug-likeness (QED) is 0.180. The number of nitrogens with one attached hydrogen (secondary N) is 1. The van der Waals surface area contributed by atoms with Gasteiger partial charge in [0.2, 0.25) is 0 Å². The molecular weight excluding hydrogens is 565 g/mol. The first-order valence-corrected chi connectivity index (χ1v) is 16.4. The van der Waals surface area contributed by atoms with E-state index < -0.39 is 15.9 Å². The van der Waals surface area contributed by atoms with Crippen LogP contribution in [0.4, 0.5) is 0 Å². The van der Waals surface area contributed by atoms with Gasteiger partial charge in [-0.1, -0.05) is 66.7 Å². The predicted octanol–water partition coefficient (Wildman–Crippen LogP) is 6.81. The van der Waals surface area contributed by atoms with E-state index >= 15 is 0 Å². The van der Waals surface area contributed by atoms with Gasteiger partial charge in [-0.15, -0.1) is 11.8 Å². The summed E-state index contributed by atoms with van der Waals surface area (Å²) in [6.07, 6.45) is 5.64. The number of ether oxygens (including phenoxy) is 1. The minimum Gasteiger partial charge on any atom is -0.497 e. The van der Waals surface area contributed by atoms with Crippen molar-refractivity contribution < 1.29 is 19.4 Å². The van der Waals surface area contributed by atoms with E-state index in [9.17, 15) is 13.2 Å². The van der Waals surface area contributed by atoms with Gasteiger partial charge < -0.3 is 4.74 Å². The highest BCUT2D eigenvalue weighted by Crippen LogP contribution is 2.24. The Kier molecular flexibility index (Phi) is 9.79. The van der Waals surface area contributed by atoms with Gasteiger partial charge in [0.25, 0.3) is 15.9 Å². The van der Waals surface area contributed by atoms with Crippen LogP contribution < -0.4 is 9.46 Å². The van der Waals surface area contributed by atoms with Crippen molar-refractivity contribution >= 4 is 33.8 Å². The van der Waals surface area contributed by atoms with Crippen molar-refractivity contribution in [2.45, 2.75) is 35.7 Å². The van der Waals surface area contributed by atoms with Gasteiger partial charge in [-0.25, -0.2) is 13.1 Å². The van der Waals surface area contributed by atoms with E-state index in [4.69, 9.17) is 4.74 Å². The molecule has 4 aromatic rings. The Bertz CT molecular complexity index is 1660. The van der Waals surface area contributed by atoms with Crippen molar-refractivity contribution in [1.82, 2.24) is 9.62 Å². The summed E-state index contributed by atoms with van der Waals surface area (Å²) < 4.78 is 33.9. The van der Waals surface area contributed by atoms with E-state index in [1.807, 2.05) is 66.7 Å². The number of carbonyl (C=O) groups is 1. The molecule has 0 aromatic heterocycles. The second-order valence-corrected chi connectivity index (χ2v) is 13.0. The molecule has 5 rings (SSSR count). The number of carbonyl (C=O) groups excluding carboxylic acids is 1. The van der Waals surface area contributed by atoms with Crippen LogP contribution in [0.2, 0.25) is 0 Å². The summed E-state index contributed by atoms with van der Waals surface area (Å²) in [7, 11) is -2.37. The molecule has 8 heteroatoms. The summed E-state index contributed by atoms with van der Waals surface area (Å²) in [5.41, 5.74) is 4.32. The molecule has 0 unspecified atom stereocenters. The predicted molar refractivity (Wildman–Crippen MR) is 171 cm³/mol. The molecule has 1 aliphatic carbocycles.